The Labute approximate surface area is 166 Å². The second kappa shape index (κ2) is 9.28. The van der Waals surface area contributed by atoms with Gasteiger partial charge in [0.05, 0.1) is 6.67 Å². The van der Waals surface area contributed by atoms with E-state index >= 15 is 0 Å². The summed E-state index contributed by atoms with van der Waals surface area (Å²) in [6.07, 6.45) is 4.40. The fourth-order valence-corrected chi connectivity index (χ4v) is 4.12. The van der Waals surface area contributed by atoms with E-state index in [0.717, 1.165) is 42.6 Å². The molecule has 2 N–H and O–H groups in total. The molecule has 1 aromatic heterocycles. The number of benzene rings is 1. The Morgan fingerprint density at radius 3 is 2.59 bits per heavy atom. The first-order valence-electron chi connectivity index (χ1n) is 9.78. The summed E-state index contributed by atoms with van der Waals surface area (Å²) in [6.45, 7) is 5.65. The van der Waals surface area contributed by atoms with Gasteiger partial charge in [0.2, 0.25) is 5.91 Å². The van der Waals surface area contributed by atoms with Gasteiger partial charge in [-0.25, -0.2) is 4.68 Å². The highest BCUT2D eigenvalue weighted by atomic mass is 32.1. The quantitative estimate of drug-likeness (QED) is 0.707. The van der Waals surface area contributed by atoms with Crippen molar-refractivity contribution in [3.05, 3.63) is 46.5 Å². The molecule has 0 unspecified atom stereocenters. The van der Waals surface area contributed by atoms with E-state index in [1.54, 1.807) is 0 Å². The molecule has 0 spiro atoms. The van der Waals surface area contributed by atoms with Crippen molar-refractivity contribution < 1.29 is 4.79 Å². The Kier molecular flexibility index (Phi) is 6.79. The maximum absolute atomic E-state index is 11.1. The van der Waals surface area contributed by atoms with Crippen molar-refractivity contribution in [3.63, 3.8) is 0 Å². The SMILES string of the molecule is CCn1c(CCC(N)=O)nn(CN2CCC(Cc3ccccc3)CC2)c1=S. The van der Waals surface area contributed by atoms with Crippen molar-refractivity contribution in [2.75, 3.05) is 13.1 Å². The van der Waals surface area contributed by atoms with Gasteiger partial charge in [-0.3, -0.25) is 9.69 Å². The van der Waals surface area contributed by atoms with Crippen molar-refractivity contribution >= 4 is 18.1 Å². The van der Waals surface area contributed by atoms with E-state index in [1.807, 2.05) is 16.2 Å². The number of rotatable bonds is 8. The van der Waals surface area contributed by atoms with E-state index in [1.165, 1.54) is 18.4 Å². The normalized spacial score (nSPS) is 15.9. The third-order valence-electron chi connectivity index (χ3n) is 5.32. The summed E-state index contributed by atoms with van der Waals surface area (Å²) in [5.74, 6) is 1.29. The molecule has 1 saturated heterocycles. The molecule has 1 fully saturated rings. The minimum absolute atomic E-state index is 0.302. The lowest BCUT2D eigenvalue weighted by Gasteiger charge is -2.31. The van der Waals surface area contributed by atoms with Crippen molar-refractivity contribution in [3.8, 4) is 0 Å². The van der Waals surface area contributed by atoms with E-state index in [-0.39, 0.29) is 5.91 Å². The molecule has 1 amide bonds. The van der Waals surface area contributed by atoms with Gasteiger partial charge in [0.25, 0.3) is 0 Å². The molecule has 0 bridgehead atoms. The molecule has 0 atom stereocenters. The van der Waals surface area contributed by atoms with Gasteiger partial charge in [-0.05, 0) is 49.9 Å². The Hall–Kier alpha value is -1.99. The van der Waals surface area contributed by atoms with E-state index in [0.29, 0.717) is 19.5 Å². The molecule has 0 aliphatic carbocycles. The third kappa shape index (κ3) is 5.26. The van der Waals surface area contributed by atoms with Gasteiger partial charge in [0.15, 0.2) is 4.77 Å². The van der Waals surface area contributed by atoms with Crippen molar-refractivity contribution in [2.45, 2.75) is 52.2 Å². The number of piperidine rings is 1. The lowest BCUT2D eigenvalue weighted by Crippen LogP contribution is -2.36. The second-order valence-electron chi connectivity index (χ2n) is 7.30. The summed E-state index contributed by atoms with van der Waals surface area (Å²) >= 11 is 5.59. The first kappa shape index (κ1) is 19.8. The van der Waals surface area contributed by atoms with Crippen LogP contribution in [0, 0.1) is 10.7 Å². The zero-order valence-corrected chi connectivity index (χ0v) is 16.8. The van der Waals surface area contributed by atoms with E-state index in [2.05, 4.69) is 40.3 Å². The molecule has 1 aromatic carbocycles. The number of aromatic nitrogens is 3. The second-order valence-corrected chi connectivity index (χ2v) is 7.67. The minimum atomic E-state index is -0.307. The van der Waals surface area contributed by atoms with Crippen molar-refractivity contribution in [1.29, 1.82) is 0 Å². The van der Waals surface area contributed by atoms with Crippen LogP contribution in [0.25, 0.3) is 0 Å². The molecule has 1 aliphatic heterocycles. The standard InChI is InChI=1S/C20H29N5OS/c1-2-24-19(9-8-18(21)26)22-25(20(24)27)15-23-12-10-17(11-13-23)14-16-6-4-3-5-7-16/h3-7,17H,2,8-15H2,1H3,(H2,21,26). The number of nitrogens with two attached hydrogens (primary N) is 1. The molecule has 6 nitrogen and oxygen atoms in total. The molecular formula is C20H29N5OS. The molecule has 0 radical (unpaired) electrons. The summed E-state index contributed by atoms with van der Waals surface area (Å²) in [4.78, 5) is 13.5. The fourth-order valence-electron chi connectivity index (χ4n) is 3.78. The fraction of sp³-hybridized carbons (Fsp3) is 0.550. The maximum atomic E-state index is 11.1. The minimum Gasteiger partial charge on any atom is -0.370 e. The first-order valence-corrected chi connectivity index (χ1v) is 10.2. The van der Waals surface area contributed by atoms with Gasteiger partial charge in [-0.15, -0.1) is 0 Å². The summed E-state index contributed by atoms with van der Waals surface area (Å²) < 4.78 is 4.62. The molecule has 1 aliphatic rings. The first-order chi connectivity index (χ1) is 13.1. The highest BCUT2D eigenvalue weighted by molar-refractivity contribution is 7.71. The molecule has 3 rings (SSSR count). The van der Waals surface area contributed by atoms with Gasteiger partial charge in [-0.2, -0.15) is 5.10 Å². The van der Waals surface area contributed by atoms with Crippen LogP contribution in [0.1, 0.15) is 37.6 Å². The van der Waals surface area contributed by atoms with Crippen LogP contribution < -0.4 is 5.73 Å². The Morgan fingerprint density at radius 2 is 1.96 bits per heavy atom. The number of primary amides is 1. The topological polar surface area (TPSA) is 69.1 Å². The van der Waals surface area contributed by atoms with Crippen LogP contribution in [0.2, 0.25) is 0 Å². The average Bonchev–Trinajstić information content (AvgIpc) is 2.97. The number of aryl methyl sites for hydroxylation is 1. The monoisotopic (exact) mass is 387 g/mol. The van der Waals surface area contributed by atoms with Crippen LogP contribution in [0.4, 0.5) is 0 Å². The van der Waals surface area contributed by atoms with Crippen LogP contribution >= 0.6 is 12.2 Å². The van der Waals surface area contributed by atoms with Crippen LogP contribution in [0.15, 0.2) is 30.3 Å². The number of amides is 1. The van der Waals surface area contributed by atoms with Gasteiger partial charge in [0.1, 0.15) is 5.82 Å². The highest BCUT2D eigenvalue weighted by Gasteiger charge is 2.21. The van der Waals surface area contributed by atoms with Crippen LogP contribution in [-0.2, 0) is 30.8 Å². The van der Waals surface area contributed by atoms with Crippen LogP contribution in [-0.4, -0.2) is 38.2 Å². The average molecular weight is 388 g/mol. The third-order valence-corrected chi connectivity index (χ3v) is 5.75. The molecule has 2 heterocycles. The van der Waals surface area contributed by atoms with Crippen LogP contribution in [0.3, 0.4) is 0 Å². The van der Waals surface area contributed by atoms with Gasteiger partial charge in [0, 0.05) is 32.5 Å². The van der Waals surface area contributed by atoms with Gasteiger partial charge in [-0.1, -0.05) is 30.3 Å². The largest absolute Gasteiger partial charge is 0.370 e. The van der Waals surface area contributed by atoms with Gasteiger partial charge < -0.3 is 10.3 Å². The predicted molar refractivity (Wildman–Crippen MR) is 109 cm³/mol. The number of carbonyl (C=O) groups is 1. The molecule has 146 valence electrons. The Morgan fingerprint density at radius 1 is 1.26 bits per heavy atom. The number of hydrogen-bond donors (Lipinski definition) is 1. The van der Waals surface area contributed by atoms with Gasteiger partial charge >= 0.3 is 0 Å². The number of nitrogens with zero attached hydrogens (tertiary/aromatic N) is 4. The molecule has 2 aromatic rings. The predicted octanol–water partition coefficient (Wildman–Crippen LogP) is 2.76. The molecular weight excluding hydrogens is 358 g/mol. The maximum Gasteiger partial charge on any atom is 0.217 e. The smallest absolute Gasteiger partial charge is 0.217 e. The molecule has 0 saturated carbocycles. The summed E-state index contributed by atoms with van der Waals surface area (Å²) in [5.41, 5.74) is 6.71. The van der Waals surface area contributed by atoms with E-state index in [4.69, 9.17) is 18.0 Å². The van der Waals surface area contributed by atoms with E-state index < -0.39 is 0 Å². The van der Waals surface area contributed by atoms with E-state index in [9.17, 15) is 4.79 Å². The number of likely N-dealkylation sites (tertiary alicyclic amines) is 1. The zero-order chi connectivity index (χ0) is 19.2. The molecule has 27 heavy (non-hydrogen) atoms. The lowest BCUT2D eigenvalue weighted by molar-refractivity contribution is -0.118. The van der Waals surface area contributed by atoms with Crippen LogP contribution in [0.5, 0.6) is 0 Å². The lowest BCUT2D eigenvalue weighted by atomic mass is 9.90. The Bertz CT molecular complexity index is 806. The highest BCUT2D eigenvalue weighted by Crippen LogP contribution is 2.22. The summed E-state index contributed by atoms with van der Waals surface area (Å²) in [6, 6.07) is 10.7. The summed E-state index contributed by atoms with van der Waals surface area (Å²) in [7, 11) is 0. The number of carbonyl (C=O) groups excluding carboxylic acids is 1. The van der Waals surface area contributed by atoms with Crippen molar-refractivity contribution in [2.24, 2.45) is 11.7 Å². The zero-order valence-electron chi connectivity index (χ0n) is 16.0. The molecule has 7 heteroatoms. The Balaban J connectivity index is 1.57. The number of hydrogen-bond acceptors (Lipinski definition) is 4. The van der Waals surface area contributed by atoms with Crippen molar-refractivity contribution in [1.82, 2.24) is 19.2 Å². The summed E-state index contributed by atoms with van der Waals surface area (Å²) in [5, 5.41) is 4.66.